The van der Waals surface area contributed by atoms with Crippen molar-refractivity contribution in [2.75, 3.05) is 0 Å². The summed E-state index contributed by atoms with van der Waals surface area (Å²) in [4.78, 5) is 11.1. The largest absolute Gasteiger partial charge is 0.478 e. The highest BCUT2D eigenvalue weighted by Gasteiger charge is 2.41. The molecule has 2 fully saturated rings. The molecule has 4 aromatic rings. The lowest BCUT2D eigenvalue weighted by Crippen LogP contribution is -2.09. The van der Waals surface area contributed by atoms with Crippen LogP contribution in [0.3, 0.4) is 0 Å². The number of aromatic carboxylic acids is 1. The predicted octanol–water partition coefficient (Wildman–Crippen LogP) is 8.22. The molecule has 1 aromatic heterocycles. The maximum Gasteiger partial charge on any atom is 0.335 e. The van der Waals surface area contributed by atoms with Gasteiger partial charge in [-0.25, -0.2) is 4.79 Å². The quantitative estimate of drug-likeness (QED) is 0.207. The van der Waals surface area contributed by atoms with Crippen LogP contribution in [0, 0.1) is 0 Å². The molecule has 0 aliphatic heterocycles. The number of carboxylic acid groups (broad SMARTS) is 1. The van der Waals surface area contributed by atoms with E-state index in [1.54, 1.807) is 42.5 Å². The Morgan fingerprint density at radius 3 is 2.32 bits per heavy atom. The summed E-state index contributed by atoms with van der Waals surface area (Å²) in [5.41, 5.74) is 3.57. The molecule has 3 unspecified atom stereocenters. The average Bonchev–Trinajstić information content (AvgIpc) is 3.82. The van der Waals surface area contributed by atoms with Crippen molar-refractivity contribution in [2.24, 2.45) is 0 Å². The average molecular weight is 571 g/mol. The topological polar surface area (TPSA) is 92.8 Å². The molecule has 2 saturated carbocycles. The van der Waals surface area contributed by atoms with Gasteiger partial charge in [0.1, 0.15) is 17.2 Å². The van der Waals surface area contributed by atoms with E-state index in [1.807, 2.05) is 18.2 Å². The first kappa shape index (κ1) is 25.3. The number of aromatic nitrogens is 1. The zero-order chi connectivity index (χ0) is 26.6. The molecule has 6 rings (SSSR count). The summed E-state index contributed by atoms with van der Waals surface area (Å²) >= 11 is 19.5. The minimum atomic E-state index is -1.37. The van der Waals surface area contributed by atoms with Crippen molar-refractivity contribution in [3.63, 3.8) is 0 Å². The van der Waals surface area contributed by atoms with E-state index in [1.165, 1.54) is 0 Å². The highest BCUT2D eigenvalue weighted by molar-refractivity contribution is 6.39. The molecule has 9 heteroatoms. The highest BCUT2D eigenvalue weighted by atomic mass is 35.5. The first-order valence-corrected chi connectivity index (χ1v) is 13.4. The molecule has 3 atom stereocenters. The van der Waals surface area contributed by atoms with Crippen molar-refractivity contribution in [1.82, 2.24) is 5.16 Å². The van der Waals surface area contributed by atoms with Gasteiger partial charge in [0, 0.05) is 16.5 Å². The Labute approximate surface area is 233 Å². The van der Waals surface area contributed by atoms with Crippen molar-refractivity contribution < 1.29 is 24.3 Å². The molecule has 2 aliphatic carbocycles. The Hall–Kier alpha value is -3.03. The van der Waals surface area contributed by atoms with Crippen LogP contribution in [-0.2, 0) is 0 Å². The molecule has 2 N–H and O–H groups in total. The number of rotatable bonds is 8. The number of ether oxygens (including phenoxy) is 1. The molecule has 0 bridgehead atoms. The summed E-state index contributed by atoms with van der Waals surface area (Å²) in [5.74, 6) is 0.684. The Kier molecular flexibility index (Phi) is 6.60. The van der Waals surface area contributed by atoms with Crippen LogP contribution in [0.5, 0.6) is 5.75 Å². The number of aliphatic hydroxyl groups is 1. The van der Waals surface area contributed by atoms with Gasteiger partial charge in [0.15, 0.2) is 0 Å². The molecule has 6 nitrogen and oxygen atoms in total. The van der Waals surface area contributed by atoms with E-state index in [-0.39, 0.29) is 23.3 Å². The third kappa shape index (κ3) is 4.78. The van der Waals surface area contributed by atoms with Crippen LogP contribution >= 0.6 is 34.8 Å². The first-order chi connectivity index (χ1) is 18.3. The van der Waals surface area contributed by atoms with Crippen molar-refractivity contribution in [1.29, 1.82) is 0 Å². The zero-order valence-electron chi connectivity index (χ0n) is 19.9. The fourth-order valence-electron chi connectivity index (χ4n) is 4.94. The van der Waals surface area contributed by atoms with E-state index in [2.05, 4.69) is 5.16 Å². The molecular formula is C29H22Cl3NO5. The van der Waals surface area contributed by atoms with Crippen LogP contribution in [0.15, 0.2) is 65.2 Å². The number of aliphatic hydroxyl groups excluding tert-OH is 1. The number of benzene rings is 3. The first-order valence-electron chi connectivity index (χ1n) is 12.2. The monoisotopic (exact) mass is 569 g/mol. The number of carboxylic acids is 1. The Morgan fingerprint density at radius 2 is 1.68 bits per heavy atom. The van der Waals surface area contributed by atoms with Gasteiger partial charge in [0.25, 0.3) is 0 Å². The van der Waals surface area contributed by atoms with Gasteiger partial charge >= 0.3 is 5.97 Å². The maximum absolute atomic E-state index is 11.2. The van der Waals surface area contributed by atoms with Gasteiger partial charge < -0.3 is 19.5 Å². The van der Waals surface area contributed by atoms with Crippen LogP contribution in [-0.4, -0.2) is 21.3 Å². The fourth-order valence-corrected chi connectivity index (χ4v) is 5.83. The number of nitrogens with zero attached hydrogens (tertiary/aromatic N) is 1. The fraction of sp³-hybridized carbons (Fsp3) is 0.241. The summed E-state index contributed by atoms with van der Waals surface area (Å²) in [6, 6.07) is 17.5. The lowest BCUT2D eigenvalue weighted by Gasteiger charge is -2.16. The second-order valence-corrected chi connectivity index (χ2v) is 10.9. The SMILES string of the molecule is O=C(O)c1ccc(C2CC2c2ccc(OC(O)c3c(-c4c(Cl)cccc4Cl)noc3C3CC3)cc2Cl)cc1. The van der Waals surface area contributed by atoms with Crippen LogP contribution in [0.4, 0.5) is 0 Å². The van der Waals surface area contributed by atoms with Crippen LogP contribution in [0.25, 0.3) is 11.3 Å². The van der Waals surface area contributed by atoms with Crippen LogP contribution in [0.1, 0.15) is 76.1 Å². The minimum Gasteiger partial charge on any atom is -0.478 e. The molecule has 194 valence electrons. The van der Waals surface area contributed by atoms with E-state index in [0.29, 0.717) is 43.4 Å². The number of halogens is 3. The maximum atomic E-state index is 11.2. The molecular weight excluding hydrogens is 549 g/mol. The van der Waals surface area contributed by atoms with Gasteiger partial charge in [-0.15, -0.1) is 0 Å². The molecule has 38 heavy (non-hydrogen) atoms. The van der Waals surface area contributed by atoms with Gasteiger partial charge in [-0.2, -0.15) is 0 Å². The summed E-state index contributed by atoms with van der Waals surface area (Å²) in [7, 11) is 0. The van der Waals surface area contributed by atoms with Crippen molar-refractivity contribution in [3.05, 3.63) is 104 Å². The summed E-state index contributed by atoms with van der Waals surface area (Å²) in [6.07, 6.45) is 1.42. The Balaban J connectivity index is 1.23. The zero-order valence-corrected chi connectivity index (χ0v) is 22.2. The minimum absolute atomic E-state index is 0.160. The second-order valence-electron chi connectivity index (χ2n) is 9.71. The smallest absolute Gasteiger partial charge is 0.335 e. The molecule has 3 aromatic carbocycles. The predicted molar refractivity (Wildman–Crippen MR) is 144 cm³/mol. The van der Waals surface area contributed by atoms with Crippen molar-refractivity contribution in [3.8, 4) is 17.0 Å². The highest BCUT2D eigenvalue weighted by Crippen LogP contribution is 2.56. The second kappa shape index (κ2) is 9.93. The Morgan fingerprint density at radius 1 is 0.974 bits per heavy atom. The molecule has 2 aliphatic rings. The van der Waals surface area contributed by atoms with E-state index >= 15 is 0 Å². The van der Waals surface area contributed by atoms with Gasteiger partial charge in [-0.3, -0.25) is 0 Å². The molecule has 0 amide bonds. The Bertz CT molecular complexity index is 1510. The van der Waals surface area contributed by atoms with E-state index in [0.717, 1.165) is 30.4 Å². The summed E-state index contributed by atoms with van der Waals surface area (Å²) in [5, 5.41) is 25.8. The standard InChI is InChI=1S/C29H22Cl3NO5/c30-21-2-1-3-22(31)24(21)26-25(27(38-33-26)15-6-7-15)29(36)37-17-10-11-18(23(32)12-17)20-13-19(20)14-4-8-16(9-5-14)28(34)35/h1-5,8-12,15,19-20,29,36H,6-7,13H2,(H,34,35). The third-order valence-corrected chi connectivity index (χ3v) is 8.10. The lowest BCUT2D eigenvalue weighted by atomic mass is 10.0. The van der Waals surface area contributed by atoms with E-state index < -0.39 is 12.3 Å². The molecule has 0 saturated heterocycles. The summed E-state index contributed by atoms with van der Waals surface area (Å²) in [6.45, 7) is 0. The van der Waals surface area contributed by atoms with Gasteiger partial charge in [0.2, 0.25) is 6.29 Å². The van der Waals surface area contributed by atoms with Crippen LogP contribution in [0.2, 0.25) is 15.1 Å². The number of hydrogen-bond donors (Lipinski definition) is 2. The molecule has 0 spiro atoms. The van der Waals surface area contributed by atoms with E-state index in [4.69, 9.17) is 49.2 Å². The molecule has 1 heterocycles. The van der Waals surface area contributed by atoms with Gasteiger partial charge in [-0.1, -0.05) is 64.2 Å². The molecule has 0 radical (unpaired) electrons. The third-order valence-electron chi connectivity index (χ3n) is 7.15. The number of hydrogen-bond acceptors (Lipinski definition) is 5. The number of carbonyl (C=O) groups is 1. The van der Waals surface area contributed by atoms with Gasteiger partial charge in [-0.05, 0) is 78.6 Å². The van der Waals surface area contributed by atoms with Crippen molar-refractivity contribution >= 4 is 40.8 Å². The van der Waals surface area contributed by atoms with E-state index in [9.17, 15) is 9.90 Å². The summed E-state index contributed by atoms with van der Waals surface area (Å²) < 4.78 is 11.6. The van der Waals surface area contributed by atoms with Crippen LogP contribution < -0.4 is 4.74 Å². The normalized spacial score (nSPS) is 19.3. The lowest BCUT2D eigenvalue weighted by molar-refractivity contribution is -0.0203. The van der Waals surface area contributed by atoms with Crippen molar-refractivity contribution in [2.45, 2.75) is 43.3 Å². The van der Waals surface area contributed by atoms with Gasteiger partial charge in [0.05, 0.1) is 21.2 Å².